The van der Waals surface area contributed by atoms with Crippen molar-refractivity contribution < 1.29 is 4.79 Å². The summed E-state index contributed by atoms with van der Waals surface area (Å²) in [5.41, 5.74) is 1.35. The van der Waals surface area contributed by atoms with Crippen LogP contribution in [0.2, 0.25) is 0 Å². The van der Waals surface area contributed by atoms with Crippen molar-refractivity contribution in [2.45, 2.75) is 90.0 Å². The minimum Gasteiger partial charge on any atom is -0.353 e. The minimum atomic E-state index is 0.340. The Balaban J connectivity index is 1.06. The predicted molar refractivity (Wildman–Crippen MR) is 131 cm³/mol. The molecule has 7 rings (SSSR count). The van der Waals surface area contributed by atoms with E-state index in [9.17, 15) is 4.79 Å². The first kappa shape index (κ1) is 21.7. The van der Waals surface area contributed by atoms with E-state index in [1.165, 1.54) is 70.6 Å². The van der Waals surface area contributed by atoms with Gasteiger partial charge in [0, 0.05) is 50.4 Å². The maximum Gasteiger partial charge on any atom is 0.225 e. The lowest BCUT2D eigenvalue weighted by Gasteiger charge is -2.57. The molecule has 1 amide bonds. The van der Waals surface area contributed by atoms with Gasteiger partial charge in [-0.3, -0.25) is 4.79 Å². The van der Waals surface area contributed by atoms with Gasteiger partial charge in [0.25, 0.3) is 0 Å². The molecule has 0 unspecified atom stereocenters. The molecule has 1 aromatic heterocycles. The number of carbonyl (C=O) groups is 1. The molecule has 6 aliphatic rings. The van der Waals surface area contributed by atoms with Gasteiger partial charge in [-0.1, -0.05) is 19.3 Å². The zero-order valence-electron chi connectivity index (χ0n) is 20.4. The normalized spacial score (nSPS) is 34.0. The van der Waals surface area contributed by atoms with Crippen LogP contribution in [0.3, 0.4) is 0 Å². The third-order valence-electron chi connectivity index (χ3n) is 9.43. The highest BCUT2D eigenvalue weighted by atomic mass is 16.2. The minimum absolute atomic E-state index is 0.340. The van der Waals surface area contributed by atoms with Gasteiger partial charge in [-0.25, -0.2) is 4.98 Å². The molecule has 1 saturated heterocycles. The zero-order valence-corrected chi connectivity index (χ0v) is 20.4. The predicted octanol–water partition coefficient (Wildman–Crippen LogP) is 4.78. The number of piperazine rings is 1. The van der Waals surface area contributed by atoms with E-state index in [1.54, 1.807) is 0 Å². The van der Waals surface area contributed by atoms with E-state index in [2.05, 4.69) is 33.1 Å². The molecule has 33 heavy (non-hydrogen) atoms. The molecule has 180 valence electrons. The van der Waals surface area contributed by atoms with E-state index in [0.717, 1.165) is 67.8 Å². The van der Waals surface area contributed by atoms with Gasteiger partial charge in [0.2, 0.25) is 11.9 Å². The number of hydrogen-bond donors (Lipinski definition) is 1. The van der Waals surface area contributed by atoms with Crippen molar-refractivity contribution in [1.82, 2.24) is 14.9 Å². The summed E-state index contributed by atoms with van der Waals surface area (Å²) in [6, 6.07) is 2.60. The van der Waals surface area contributed by atoms with Crippen LogP contribution in [0.15, 0.2) is 6.07 Å². The average Bonchev–Trinajstić information content (AvgIpc) is 2.78. The Hall–Kier alpha value is -1.85. The van der Waals surface area contributed by atoms with E-state index < -0.39 is 0 Å². The van der Waals surface area contributed by atoms with Crippen LogP contribution in [0.4, 0.5) is 11.8 Å². The van der Waals surface area contributed by atoms with Crippen molar-refractivity contribution in [2.75, 3.05) is 36.4 Å². The van der Waals surface area contributed by atoms with Crippen molar-refractivity contribution in [2.24, 2.45) is 23.2 Å². The summed E-state index contributed by atoms with van der Waals surface area (Å²) in [4.78, 5) is 27.3. The first-order chi connectivity index (χ1) is 16.0. The quantitative estimate of drug-likeness (QED) is 0.698. The van der Waals surface area contributed by atoms with Crippen LogP contribution in [0.5, 0.6) is 0 Å². The number of aryl methyl sites for hydroxylation is 1. The van der Waals surface area contributed by atoms with Crippen LogP contribution in [-0.4, -0.2) is 53.0 Å². The van der Waals surface area contributed by atoms with Gasteiger partial charge in [0.1, 0.15) is 5.82 Å². The number of amides is 1. The first-order valence-corrected chi connectivity index (χ1v) is 13.7. The summed E-state index contributed by atoms with van der Waals surface area (Å²) < 4.78 is 0. The van der Waals surface area contributed by atoms with Crippen LogP contribution in [-0.2, 0) is 4.79 Å². The Labute approximate surface area is 198 Å². The number of anilines is 2. The lowest BCUT2D eigenvalue weighted by atomic mass is 9.49. The number of aromatic nitrogens is 2. The molecule has 0 spiro atoms. The monoisotopic (exact) mass is 451 g/mol. The highest BCUT2D eigenvalue weighted by Crippen LogP contribution is 2.61. The van der Waals surface area contributed by atoms with Crippen LogP contribution >= 0.6 is 0 Å². The number of rotatable bonds is 5. The van der Waals surface area contributed by atoms with Gasteiger partial charge in [-0.05, 0) is 81.5 Å². The van der Waals surface area contributed by atoms with Gasteiger partial charge in [-0.15, -0.1) is 0 Å². The molecule has 1 aromatic rings. The molecule has 0 aromatic carbocycles. The number of hydrogen-bond acceptors (Lipinski definition) is 5. The Bertz CT molecular complexity index is 836. The lowest BCUT2D eigenvalue weighted by Crippen LogP contribution is -2.52. The maximum absolute atomic E-state index is 13.3. The summed E-state index contributed by atoms with van der Waals surface area (Å²) in [6.45, 7) is 5.43. The molecular weight excluding hydrogens is 410 g/mol. The first-order valence-electron chi connectivity index (χ1n) is 13.7. The van der Waals surface area contributed by atoms with Gasteiger partial charge in [-0.2, -0.15) is 4.98 Å². The fourth-order valence-corrected chi connectivity index (χ4v) is 8.33. The van der Waals surface area contributed by atoms with Crippen molar-refractivity contribution in [3.05, 3.63) is 11.8 Å². The van der Waals surface area contributed by atoms with Crippen molar-refractivity contribution >= 4 is 17.7 Å². The van der Waals surface area contributed by atoms with Gasteiger partial charge < -0.3 is 15.1 Å². The summed E-state index contributed by atoms with van der Waals surface area (Å²) in [6.07, 6.45) is 15.5. The highest BCUT2D eigenvalue weighted by molar-refractivity contribution is 5.77. The molecule has 0 atom stereocenters. The highest BCUT2D eigenvalue weighted by Gasteiger charge is 2.51. The Kier molecular flexibility index (Phi) is 5.74. The molecule has 1 N–H and O–H groups in total. The zero-order chi connectivity index (χ0) is 22.4. The standard InChI is InChI=1S/C27H41N5O/c1-19-11-24(30-26(28-19)29-23-5-3-2-4-6-23)31-7-9-32(10-8-31)25(33)18-27-15-20-12-21(16-27)14-22(13-20)17-27/h11,20-23H,2-10,12-18H2,1H3,(H,28,29,30). The molecule has 4 bridgehead atoms. The summed E-state index contributed by atoms with van der Waals surface area (Å²) in [5, 5.41) is 3.59. The SMILES string of the molecule is Cc1cc(N2CCN(C(=O)CC34CC5CC(CC(C5)C3)C4)CC2)nc(NC2CCCCC2)n1. The van der Waals surface area contributed by atoms with Crippen molar-refractivity contribution in [1.29, 1.82) is 0 Å². The van der Waals surface area contributed by atoms with Crippen molar-refractivity contribution in [3.8, 4) is 0 Å². The fourth-order valence-electron chi connectivity index (χ4n) is 8.33. The second-order valence-electron chi connectivity index (χ2n) is 12.1. The van der Waals surface area contributed by atoms with Gasteiger partial charge in [0.15, 0.2) is 0 Å². The Morgan fingerprint density at radius 3 is 2.24 bits per heavy atom. The van der Waals surface area contributed by atoms with Crippen LogP contribution in [0.25, 0.3) is 0 Å². The Morgan fingerprint density at radius 2 is 1.61 bits per heavy atom. The molecule has 6 nitrogen and oxygen atoms in total. The van der Waals surface area contributed by atoms with Crippen molar-refractivity contribution in [3.63, 3.8) is 0 Å². The van der Waals surface area contributed by atoms with Gasteiger partial charge in [0.05, 0.1) is 0 Å². The fraction of sp³-hybridized carbons (Fsp3) is 0.815. The molecule has 6 heteroatoms. The maximum atomic E-state index is 13.3. The third-order valence-corrected chi connectivity index (χ3v) is 9.43. The summed E-state index contributed by atoms with van der Waals surface area (Å²) in [7, 11) is 0. The Morgan fingerprint density at radius 1 is 0.970 bits per heavy atom. The van der Waals surface area contributed by atoms with Crippen LogP contribution < -0.4 is 10.2 Å². The smallest absolute Gasteiger partial charge is 0.225 e. The van der Waals surface area contributed by atoms with E-state index in [1.807, 2.05) is 0 Å². The van der Waals surface area contributed by atoms with E-state index in [0.29, 0.717) is 17.4 Å². The largest absolute Gasteiger partial charge is 0.353 e. The number of carbonyl (C=O) groups excluding carboxylic acids is 1. The number of nitrogens with one attached hydrogen (secondary N) is 1. The second-order valence-corrected chi connectivity index (χ2v) is 12.1. The molecular formula is C27H41N5O. The second kappa shape index (κ2) is 8.74. The van der Waals surface area contributed by atoms with Gasteiger partial charge >= 0.3 is 0 Å². The molecule has 5 saturated carbocycles. The molecule has 6 fully saturated rings. The lowest BCUT2D eigenvalue weighted by molar-refractivity contribution is -0.139. The van der Waals surface area contributed by atoms with E-state index >= 15 is 0 Å². The van der Waals surface area contributed by atoms with E-state index in [-0.39, 0.29) is 0 Å². The topological polar surface area (TPSA) is 61.4 Å². The molecule has 0 radical (unpaired) electrons. The molecule has 1 aliphatic heterocycles. The van der Waals surface area contributed by atoms with Crippen LogP contribution in [0.1, 0.15) is 82.7 Å². The summed E-state index contributed by atoms with van der Waals surface area (Å²) >= 11 is 0. The average molecular weight is 452 g/mol. The summed E-state index contributed by atoms with van der Waals surface area (Å²) in [5.74, 6) is 4.94. The third kappa shape index (κ3) is 4.59. The number of nitrogens with zero attached hydrogens (tertiary/aromatic N) is 4. The molecule has 5 aliphatic carbocycles. The van der Waals surface area contributed by atoms with Crippen LogP contribution in [0, 0.1) is 30.1 Å². The van der Waals surface area contributed by atoms with E-state index in [4.69, 9.17) is 4.98 Å². The molecule has 2 heterocycles.